The summed E-state index contributed by atoms with van der Waals surface area (Å²) in [5.74, 6) is 0.590. The van der Waals surface area contributed by atoms with Crippen molar-refractivity contribution in [3.05, 3.63) is 64.2 Å². The third kappa shape index (κ3) is 9.02. The Morgan fingerprint density at radius 2 is 1.76 bits per heavy atom. The Morgan fingerprint density at radius 3 is 2.44 bits per heavy atom. The SMILES string of the molecule is CS(=O)(=O)NCCOc1ccc(Cc2cc(C3OC(CNC(=O)NC4CCCC4)C(O)C(O)C3O)ccc2Cl)cc1. The number of ether oxygens (including phenoxy) is 2. The van der Waals surface area contributed by atoms with Gasteiger partial charge in [0.25, 0.3) is 0 Å². The van der Waals surface area contributed by atoms with Crippen molar-refractivity contribution in [3.63, 3.8) is 0 Å². The van der Waals surface area contributed by atoms with Gasteiger partial charge in [-0.15, -0.1) is 0 Å². The highest BCUT2D eigenvalue weighted by atomic mass is 35.5. The molecule has 4 rings (SSSR count). The molecular weight excluding hydrogens is 574 g/mol. The Morgan fingerprint density at radius 1 is 1.05 bits per heavy atom. The van der Waals surface area contributed by atoms with E-state index in [-0.39, 0.29) is 31.8 Å². The van der Waals surface area contributed by atoms with E-state index in [0.717, 1.165) is 43.1 Å². The average molecular weight is 612 g/mol. The number of aliphatic hydroxyl groups excluding tert-OH is 3. The van der Waals surface area contributed by atoms with E-state index in [2.05, 4.69) is 15.4 Å². The molecule has 11 nitrogen and oxygen atoms in total. The van der Waals surface area contributed by atoms with Crippen LogP contribution < -0.4 is 20.1 Å². The number of nitrogens with one attached hydrogen (secondary N) is 3. The van der Waals surface area contributed by atoms with E-state index in [1.807, 2.05) is 12.1 Å². The van der Waals surface area contributed by atoms with Gasteiger partial charge in [0.15, 0.2) is 0 Å². The van der Waals surface area contributed by atoms with E-state index in [1.54, 1.807) is 30.3 Å². The molecule has 0 aromatic heterocycles. The van der Waals surface area contributed by atoms with Crippen molar-refractivity contribution in [2.45, 2.75) is 68.7 Å². The zero-order valence-corrected chi connectivity index (χ0v) is 24.4. The maximum absolute atomic E-state index is 12.3. The lowest BCUT2D eigenvalue weighted by Crippen LogP contribution is -2.57. The van der Waals surface area contributed by atoms with Crippen LogP contribution in [0, 0.1) is 0 Å². The van der Waals surface area contributed by atoms with Crippen LogP contribution in [0.4, 0.5) is 4.79 Å². The fourth-order valence-corrected chi connectivity index (χ4v) is 5.76. The number of urea groups is 1. The van der Waals surface area contributed by atoms with Gasteiger partial charge in [-0.1, -0.05) is 48.7 Å². The van der Waals surface area contributed by atoms with Gasteiger partial charge in [-0.3, -0.25) is 0 Å². The molecule has 2 fully saturated rings. The molecule has 13 heteroatoms. The molecule has 1 saturated heterocycles. The maximum atomic E-state index is 12.3. The van der Waals surface area contributed by atoms with Crippen molar-refractivity contribution in [2.75, 3.05) is 26.0 Å². The molecule has 6 N–H and O–H groups in total. The highest BCUT2D eigenvalue weighted by Crippen LogP contribution is 2.34. The van der Waals surface area contributed by atoms with Crippen molar-refractivity contribution in [2.24, 2.45) is 0 Å². The monoisotopic (exact) mass is 611 g/mol. The first-order valence-electron chi connectivity index (χ1n) is 13.7. The second kappa shape index (κ2) is 14.1. The zero-order valence-electron chi connectivity index (χ0n) is 22.8. The summed E-state index contributed by atoms with van der Waals surface area (Å²) in [6.07, 6.45) is -0.566. The largest absolute Gasteiger partial charge is 0.492 e. The Balaban J connectivity index is 1.37. The van der Waals surface area contributed by atoms with Gasteiger partial charge in [-0.2, -0.15) is 0 Å². The second-order valence-electron chi connectivity index (χ2n) is 10.6. The fraction of sp³-hybridized carbons (Fsp3) is 0.536. The molecule has 2 aliphatic rings. The number of amides is 2. The first-order valence-corrected chi connectivity index (χ1v) is 16.0. The lowest BCUT2D eigenvalue weighted by Gasteiger charge is -2.41. The van der Waals surface area contributed by atoms with Crippen LogP contribution in [0.25, 0.3) is 0 Å². The van der Waals surface area contributed by atoms with E-state index >= 15 is 0 Å². The maximum Gasteiger partial charge on any atom is 0.315 e. The van der Waals surface area contributed by atoms with Crippen molar-refractivity contribution < 1.29 is 38.0 Å². The summed E-state index contributed by atoms with van der Waals surface area (Å²) in [7, 11) is -3.27. The molecular formula is C28H38ClN3O8S. The topological polar surface area (TPSA) is 166 Å². The molecule has 0 spiro atoms. The lowest BCUT2D eigenvalue weighted by molar-refractivity contribution is -0.222. The minimum absolute atomic E-state index is 0.0425. The van der Waals surface area contributed by atoms with Gasteiger partial charge in [0.1, 0.15) is 42.9 Å². The number of hydrogen-bond acceptors (Lipinski definition) is 8. The summed E-state index contributed by atoms with van der Waals surface area (Å²) in [5.41, 5.74) is 2.26. The first-order chi connectivity index (χ1) is 19.5. The molecule has 0 radical (unpaired) electrons. The quantitative estimate of drug-likeness (QED) is 0.209. The molecule has 5 atom stereocenters. The van der Waals surface area contributed by atoms with Crippen LogP contribution in [-0.4, -0.2) is 86.2 Å². The van der Waals surface area contributed by atoms with Gasteiger partial charge < -0.3 is 35.4 Å². The van der Waals surface area contributed by atoms with Gasteiger partial charge in [-0.05, 0) is 54.2 Å². The number of sulfonamides is 1. The van der Waals surface area contributed by atoms with Gasteiger partial charge in [-0.25, -0.2) is 17.9 Å². The molecule has 226 valence electrons. The molecule has 2 aromatic carbocycles. The van der Waals surface area contributed by atoms with E-state index in [1.165, 1.54) is 0 Å². The summed E-state index contributed by atoms with van der Waals surface area (Å²) in [4.78, 5) is 12.3. The molecule has 1 heterocycles. The van der Waals surface area contributed by atoms with Crippen molar-refractivity contribution >= 4 is 27.7 Å². The highest BCUT2D eigenvalue weighted by Gasteiger charge is 2.44. The van der Waals surface area contributed by atoms with Gasteiger partial charge in [0, 0.05) is 24.2 Å². The predicted molar refractivity (Wildman–Crippen MR) is 153 cm³/mol. The van der Waals surface area contributed by atoms with E-state index in [0.29, 0.717) is 22.8 Å². The lowest BCUT2D eigenvalue weighted by atomic mass is 9.90. The first kappa shape index (κ1) is 31.5. The van der Waals surface area contributed by atoms with Crippen LogP contribution in [0.5, 0.6) is 5.75 Å². The minimum atomic E-state index is -3.27. The van der Waals surface area contributed by atoms with Crippen molar-refractivity contribution in [1.29, 1.82) is 0 Å². The predicted octanol–water partition coefficient (Wildman–Crippen LogP) is 1.62. The van der Waals surface area contributed by atoms with Crippen molar-refractivity contribution in [3.8, 4) is 5.75 Å². The Labute approximate surface area is 245 Å². The number of halogens is 1. The zero-order chi connectivity index (χ0) is 29.6. The fourth-order valence-electron chi connectivity index (χ4n) is 5.12. The second-order valence-corrected chi connectivity index (χ2v) is 12.8. The molecule has 2 amide bonds. The molecule has 41 heavy (non-hydrogen) atoms. The highest BCUT2D eigenvalue weighted by molar-refractivity contribution is 7.88. The van der Waals surface area contributed by atoms with Crippen LogP contribution in [0.15, 0.2) is 42.5 Å². The van der Waals surface area contributed by atoms with Gasteiger partial charge >= 0.3 is 6.03 Å². The van der Waals surface area contributed by atoms with E-state index in [4.69, 9.17) is 21.1 Å². The van der Waals surface area contributed by atoms with Crippen molar-refractivity contribution in [1.82, 2.24) is 15.4 Å². The number of carbonyl (C=O) groups is 1. The summed E-state index contributed by atoms with van der Waals surface area (Å²) in [5, 5.41) is 38.0. The Bertz CT molecular complexity index is 1270. The molecule has 1 aliphatic heterocycles. The average Bonchev–Trinajstić information content (AvgIpc) is 3.44. The van der Waals surface area contributed by atoms with Gasteiger partial charge in [0.05, 0.1) is 6.26 Å². The molecule has 1 aliphatic carbocycles. The van der Waals surface area contributed by atoms with Gasteiger partial charge in [0.2, 0.25) is 10.0 Å². The normalized spacial score (nSPS) is 25.1. The number of rotatable bonds is 11. The third-order valence-corrected chi connectivity index (χ3v) is 8.42. The van der Waals surface area contributed by atoms with Crippen LogP contribution >= 0.6 is 11.6 Å². The Hall–Kier alpha value is -2.45. The summed E-state index contributed by atoms with van der Waals surface area (Å²) in [6, 6.07) is 12.2. The molecule has 5 unspecified atom stereocenters. The van der Waals surface area contributed by atoms with Crippen LogP contribution in [0.2, 0.25) is 5.02 Å². The smallest absolute Gasteiger partial charge is 0.315 e. The Kier molecular flexibility index (Phi) is 10.9. The summed E-state index contributed by atoms with van der Waals surface area (Å²) < 4.78 is 36.2. The number of benzene rings is 2. The number of aliphatic hydroxyl groups is 3. The van der Waals surface area contributed by atoms with Crippen LogP contribution in [0.1, 0.15) is 48.5 Å². The molecule has 1 saturated carbocycles. The number of hydrogen-bond donors (Lipinski definition) is 6. The minimum Gasteiger partial charge on any atom is -0.492 e. The van der Waals surface area contributed by atoms with Crippen LogP contribution in [0.3, 0.4) is 0 Å². The molecule has 0 bridgehead atoms. The molecule has 2 aromatic rings. The standard InChI is InChI=1S/C28H38ClN3O8S/c1-41(37,38)31-12-13-39-21-9-6-17(7-10-21)14-19-15-18(8-11-22(19)29)27-26(35)25(34)24(33)23(40-27)16-30-28(36)32-20-4-2-3-5-20/h6-11,15,20,23-27,31,33-35H,2-5,12-14,16H2,1H3,(H2,30,32,36). The third-order valence-electron chi connectivity index (χ3n) is 7.32. The van der Waals surface area contributed by atoms with E-state index in [9.17, 15) is 28.5 Å². The summed E-state index contributed by atoms with van der Waals surface area (Å²) in [6.45, 7) is 0.305. The number of carbonyl (C=O) groups excluding carboxylic acids is 1. The van der Waals surface area contributed by atoms with E-state index < -0.39 is 40.5 Å². The summed E-state index contributed by atoms with van der Waals surface area (Å²) >= 11 is 6.48. The van der Waals surface area contributed by atoms with Crippen LogP contribution in [-0.2, 0) is 21.2 Å².